The Hall–Kier alpha value is -1.35. The zero-order chi connectivity index (χ0) is 17.3. The molecule has 0 atom stereocenters. The van der Waals surface area contributed by atoms with E-state index in [1.807, 2.05) is 24.3 Å². The van der Waals surface area contributed by atoms with E-state index in [0.717, 1.165) is 20.6 Å². The number of carbonyl (C=O) groups is 1. The van der Waals surface area contributed by atoms with E-state index in [4.69, 9.17) is 5.14 Å². The second kappa shape index (κ2) is 6.87. The molecule has 0 unspecified atom stereocenters. The number of rotatable bonds is 4. The van der Waals surface area contributed by atoms with Crippen molar-refractivity contribution in [2.24, 2.45) is 5.14 Å². The fourth-order valence-corrected chi connectivity index (χ4v) is 4.60. The molecule has 0 aromatic heterocycles. The summed E-state index contributed by atoms with van der Waals surface area (Å²) in [5.41, 5.74) is 1.60. The molecule has 0 fully saturated rings. The normalized spacial score (nSPS) is 13.8. The molecule has 24 heavy (non-hydrogen) atoms. The smallest absolute Gasteiger partial charge is 0.238 e. The molecular formula is C16H15BrN2O3S2. The molecule has 1 amide bonds. The molecule has 2 N–H and O–H groups in total. The highest BCUT2D eigenvalue weighted by Gasteiger charge is 2.26. The van der Waals surface area contributed by atoms with E-state index in [1.165, 1.54) is 17.8 Å². The van der Waals surface area contributed by atoms with Crippen molar-refractivity contribution in [2.45, 2.75) is 16.2 Å². The Kier molecular flexibility index (Phi) is 5.00. The molecule has 0 bridgehead atoms. The molecule has 3 rings (SSSR count). The van der Waals surface area contributed by atoms with Crippen LogP contribution in [0.2, 0.25) is 0 Å². The third kappa shape index (κ3) is 3.66. The van der Waals surface area contributed by atoms with Crippen molar-refractivity contribution >= 4 is 49.3 Å². The quantitative estimate of drug-likeness (QED) is 0.761. The lowest BCUT2D eigenvalue weighted by molar-refractivity contribution is -0.116. The molecule has 1 aliphatic rings. The zero-order valence-electron chi connectivity index (χ0n) is 12.6. The minimum absolute atomic E-state index is 0.00198. The number of halogens is 1. The van der Waals surface area contributed by atoms with Crippen molar-refractivity contribution in [2.75, 3.05) is 17.2 Å². The fourth-order valence-electron chi connectivity index (χ4n) is 2.59. The highest BCUT2D eigenvalue weighted by Crippen LogP contribution is 2.32. The molecule has 0 saturated carbocycles. The van der Waals surface area contributed by atoms with E-state index in [-0.39, 0.29) is 10.8 Å². The predicted octanol–water partition coefficient (Wildman–Crippen LogP) is 2.78. The number of amides is 1. The SMILES string of the molecule is NS(=O)(=O)c1ccc2c(c1)CCN2C(=O)CSc1ccccc1Br. The highest BCUT2D eigenvalue weighted by atomic mass is 79.9. The molecule has 0 spiro atoms. The van der Waals surface area contributed by atoms with Gasteiger partial charge in [-0.2, -0.15) is 0 Å². The number of hydrogen-bond donors (Lipinski definition) is 1. The first-order chi connectivity index (χ1) is 11.4. The van der Waals surface area contributed by atoms with Crippen LogP contribution in [-0.2, 0) is 21.2 Å². The average Bonchev–Trinajstić information content (AvgIpc) is 2.96. The Morgan fingerprint density at radius 3 is 2.71 bits per heavy atom. The first-order valence-corrected chi connectivity index (χ1v) is 10.5. The van der Waals surface area contributed by atoms with Crippen LogP contribution < -0.4 is 10.0 Å². The predicted molar refractivity (Wildman–Crippen MR) is 98.7 cm³/mol. The van der Waals surface area contributed by atoms with Gasteiger partial charge < -0.3 is 4.90 Å². The number of fused-ring (bicyclic) bond motifs is 1. The van der Waals surface area contributed by atoms with Gasteiger partial charge in [-0.25, -0.2) is 13.6 Å². The van der Waals surface area contributed by atoms with Crippen molar-refractivity contribution in [3.8, 4) is 0 Å². The second-order valence-corrected chi connectivity index (χ2v) is 8.78. The molecule has 1 aliphatic heterocycles. The van der Waals surface area contributed by atoms with Gasteiger partial charge in [-0.3, -0.25) is 4.79 Å². The van der Waals surface area contributed by atoms with Crippen LogP contribution in [0.4, 0.5) is 5.69 Å². The molecule has 8 heteroatoms. The topological polar surface area (TPSA) is 80.5 Å². The van der Waals surface area contributed by atoms with Gasteiger partial charge in [0.05, 0.1) is 10.6 Å². The van der Waals surface area contributed by atoms with Gasteiger partial charge in [0.15, 0.2) is 0 Å². The van der Waals surface area contributed by atoms with Gasteiger partial charge in [-0.05, 0) is 58.2 Å². The van der Waals surface area contributed by atoms with Crippen LogP contribution in [0.3, 0.4) is 0 Å². The van der Waals surface area contributed by atoms with Crippen molar-refractivity contribution in [3.05, 3.63) is 52.5 Å². The summed E-state index contributed by atoms with van der Waals surface area (Å²) in [5.74, 6) is 0.316. The number of nitrogens with zero attached hydrogens (tertiary/aromatic N) is 1. The molecule has 126 valence electrons. The lowest BCUT2D eigenvalue weighted by Crippen LogP contribution is -2.30. The van der Waals surface area contributed by atoms with E-state index in [1.54, 1.807) is 17.0 Å². The number of primary sulfonamides is 1. The highest BCUT2D eigenvalue weighted by molar-refractivity contribution is 9.10. The summed E-state index contributed by atoms with van der Waals surface area (Å²) < 4.78 is 23.8. The monoisotopic (exact) mass is 426 g/mol. The Morgan fingerprint density at radius 2 is 2.00 bits per heavy atom. The molecule has 2 aromatic carbocycles. The molecule has 5 nitrogen and oxygen atoms in total. The van der Waals surface area contributed by atoms with Gasteiger partial charge in [-0.15, -0.1) is 11.8 Å². The third-order valence-corrected chi connectivity index (χ3v) is 6.69. The minimum atomic E-state index is -3.73. The van der Waals surface area contributed by atoms with Crippen LogP contribution in [0.15, 0.2) is 56.7 Å². The number of benzene rings is 2. The summed E-state index contributed by atoms with van der Waals surface area (Å²) in [6, 6.07) is 12.4. The zero-order valence-corrected chi connectivity index (χ0v) is 15.8. The van der Waals surface area contributed by atoms with E-state index in [2.05, 4.69) is 15.9 Å². The molecule has 1 heterocycles. The summed E-state index contributed by atoms with van der Waals surface area (Å²) in [7, 11) is -3.73. The summed E-state index contributed by atoms with van der Waals surface area (Å²) in [6.45, 7) is 0.554. The van der Waals surface area contributed by atoms with Gasteiger partial charge in [0.2, 0.25) is 15.9 Å². The lowest BCUT2D eigenvalue weighted by Gasteiger charge is -2.17. The standard InChI is InChI=1S/C16H15BrN2O3S2/c17-13-3-1-2-4-15(13)23-10-16(20)19-8-7-11-9-12(24(18,21)22)5-6-14(11)19/h1-6,9H,7-8,10H2,(H2,18,21,22). The molecule has 2 aromatic rings. The molecule has 0 aliphatic carbocycles. The first-order valence-electron chi connectivity index (χ1n) is 7.19. The second-order valence-electron chi connectivity index (χ2n) is 5.35. The van der Waals surface area contributed by atoms with E-state index in [0.29, 0.717) is 18.7 Å². The van der Waals surface area contributed by atoms with Crippen LogP contribution in [0.5, 0.6) is 0 Å². The molecular weight excluding hydrogens is 412 g/mol. The van der Waals surface area contributed by atoms with Crippen LogP contribution in [0.1, 0.15) is 5.56 Å². The van der Waals surface area contributed by atoms with E-state index in [9.17, 15) is 13.2 Å². The number of thioether (sulfide) groups is 1. The molecule has 0 saturated heterocycles. The lowest BCUT2D eigenvalue weighted by atomic mass is 10.2. The van der Waals surface area contributed by atoms with E-state index < -0.39 is 10.0 Å². The van der Waals surface area contributed by atoms with Gasteiger partial charge in [-0.1, -0.05) is 12.1 Å². The van der Waals surface area contributed by atoms with Gasteiger partial charge in [0.1, 0.15) is 0 Å². The average molecular weight is 427 g/mol. The number of hydrogen-bond acceptors (Lipinski definition) is 4. The van der Waals surface area contributed by atoms with Crippen molar-refractivity contribution in [1.29, 1.82) is 0 Å². The number of sulfonamides is 1. The van der Waals surface area contributed by atoms with Crippen molar-refractivity contribution in [3.63, 3.8) is 0 Å². The van der Waals surface area contributed by atoms with E-state index >= 15 is 0 Å². The fraction of sp³-hybridized carbons (Fsp3) is 0.188. The maximum Gasteiger partial charge on any atom is 0.238 e. The van der Waals surface area contributed by atoms with Gasteiger partial charge in [0, 0.05) is 21.6 Å². The van der Waals surface area contributed by atoms with Crippen LogP contribution in [-0.4, -0.2) is 26.6 Å². The van der Waals surface area contributed by atoms with Crippen LogP contribution in [0, 0.1) is 0 Å². The number of carbonyl (C=O) groups excluding carboxylic acids is 1. The Labute approximate surface area is 153 Å². The Balaban J connectivity index is 1.74. The first kappa shape index (κ1) is 17.5. The largest absolute Gasteiger partial charge is 0.311 e. The summed E-state index contributed by atoms with van der Waals surface area (Å²) in [6.07, 6.45) is 0.629. The summed E-state index contributed by atoms with van der Waals surface area (Å²) in [5, 5.41) is 5.16. The van der Waals surface area contributed by atoms with Gasteiger partial charge >= 0.3 is 0 Å². The van der Waals surface area contributed by atoms with Crippen LogP contribution >= 0.6 is 27.7 Å². The van der Waals surface area contributed by atoms with Crippen LogP contribution in [0.25, 0.3) is 0 Å². The van der Waals surface area contributed by atoms with Gasteiger partial charge in [0.25, 0.3) is 0 Å². The molecule has 0 radical (unpaired) electrons. The summed E-state index contributed by atoms with van der Waals surface area (Å²) >= 11 is 4.94. The number of anilines is 1. The third-order valence-electron chi connectivity index (χ3n) is 3.76. The Morgan fingerprint density at radius 1 is 1.25 bits per heavy atom. The van der Waals surface area contributed by atoms with Crippen molar-refractivity contribution in [1.82, 2.24) is 0 Å². The minimum Gasteiger partial charge on any atom is -0.311 e. The maximum atomic E-state index is 12.5. The maximum absolute atomic E-state index is 12.5. The Bertz CT molecular complexity index is 900. The number of nitrogens with two attached hydrogens (primary N) is 1. The summed E-state index contributed by atoms with van der Waals surface area (Å²) in [4.78, 5) is 15.3. The van der Waals surface area contributed by atoms with Crippen molar-refractivity contribution < 1.29 is 13.2 Å².